The third-order valence-corrected chi connectivity index (χ3v) is 6.22. The Bertz CT molecular complexity index is 496. The van der Waals surface area contributed by atoms with Crippen LogP contribution in [0.15, 0.2) is 11.0 Å². The molecule has 1 aliphatic heterocycles. The van der Waals surface area contributed by atoms with Crippen LogP contribution in [0.25, 0.3) is 0 Å². The number of halogens is 2. The quantitative estimate of drug-likeness (QED) is 0.923. The fourth-order valence-corrected chi connectivity index (χ4v) is 4.85. The molecule has 8 heteroatoms. The molecule has 1 fully saturated rings. The largest absolute Gasteiger partial charge is 0.313 e. The number of hydrogen-bond donors (Lipinski definition) is 1. The van der Waals surface area contributed by atoms with Crippen molar-refractivity contribution in [3.63, 3.8) is 0 Å². The molecule has 1 aromatic heterocycles. The fourth-order valence-electron chi connectivity index (χ4n) is 1.38. The first-order valence-electron chi connectivity index (χ1n) is 4.56. The van der Waals surface area contributed by atoms with Crippen molar-refractivity contribution in [2.45, 2.75) is 10.9 Å². The number of likely N-dealkylation sites (N-methyl/N-ethyl adjacent to an activating group) is 1. The summed E-state index contributed by atoms with van der Waals surface area (Å²) in [4.78, 5) is 0.0959. The lowest BCUT2D eigenvalue weighted by Crippen LogP contribution is -2.57. The lowest BCUT2D eigenvalue weighted by molar-refractivity contribution is 0.274. The lowest BCUT2D eigenvalue weighted by Gasteiger charge is -2.34. The molecule has 0 spiro atoms. The van der Waals surface area contributed by atoms with Crippen LogP contribution in [-0.2, 0) is 10.0 Å². The van der Waals surface area contributed by atoms with Crippen LogP contribution in [0, 0.1) is 0 Å². The summed E-state index contributed by atoms with van der Waals surface area (Å²) in [7, 11) is -1.96. The van der Waals surface area contributed by atoms with Crippen molar-refractivity contribution in [2.24, 2.45) is 0 Å². The van der Waals surface area contributed by atoms with E-state index in [1.807, 2.05) is 0 Å². The van der Waals surface area contributed by atoms with Crippen LogP contribution in [0.5, 0.6) is 0 Å². The molecule has 0 atom stereocenters. The molecule has 16 heavy (non-hydrogen) atoms. The van der Waals surface area contributed by atoms with E-state index in [1.54, 1.807) is 7.05 Å². The predicted octanol–water partition coefficient (Wildman–Crippen LogP) is 1.65. The first kappa shape index (κ1) is 12.6. The Balaban J connectivity index is 2.34. The minimum Gasteiger partial charge on any atom is -0.313 e. The molecule has 0 aromatic carbocycles. The van der Waals surface area contributed by atoms with Gasteiger partial charge in [0, 0.05) is 26.2 Å². The molecule has 0 amide bonds. The van der Waals surface area contributed by atoms with Gasteiger partial charge in [0.2, 0.25) is 10.0 Å². The van der Waals surface area contributed by atoms with Crippen LogP contribution in [0.1, 0.15) is 0 Å². The normalized spacial score (nSPS) is 17.8. The van der Waals surface area contributed by atoms with E-state index in [4.69, 9.17) is 23.2 Å². The number of nitrogens with one attached hydrogen (secondary N) is 1. The summed E-state index contributed by atoms with van der Waals surface area (Å²) >= 11 is 12.7. The number of sulfonamides is 1. The summed E-state index contributed by atoms with van der Waals surface area (Å²) in [6.07, 6.45) is 0. The predicted molar refractivity (Wildman–Crippen MR) is 65.9 cm³/mol. The number of nitrogens with zero attached hydrogens (tertiary/aromatic N) is 1. The molecule has 1 saturated heterocycles. The van der Waals surface area contributed by atoms with Gasteiger partial charge in [0.05, 0.1) is 4.34 Å². The maximum Gasteiger partial charge on any atom is 0.245 e. The third kappa shape index (κ3) is 2.10. The monoisotopic (exact) mass is 300 g/mol. The average Bonchev–Trinajstić information content (AvgIpc) is 2.42. The van der Waals surface area contributed by atoms with E-state index in [0.717, 1.165) is 11.3 Å². The maximum absolute atomic E-state index is 12.2. The van der Waals surface area contributed by atoms with Crippen LogP contribution in [0.3, 0.4) is 0 Å². The van der Waals surface area contributed by atoms with E-state index in [1.165, 1.54) is 10.4 Å². The van der Waals surface area contributed by atoms with Gasteiger partial charge in [-0.15, -0.1) is 11.3 Å². The average molecular weight is 301 g/mol. The summed E-state index contributed by atoms with van der Waals surface area (Å²) in [6.45, 7) is 1.34. The van der Waals surface area contributed by atoms with E-state index in [0.29, 0.717) is 17.4 Å². The minimum atomic E-state index is -3.52. The fraction of sp³-hybridized carbons (Fsp3) is 0.500. The summed E-state index contributed by atoms with van der Waals surface area (Å²) in [5, 5.41) is 3.02. The molecule has 0 aliphatic carbocycles. The van der Waals surface area contributed by atoms with Crippen molar-refractivity contribution in [3.8, 4) is 0 Å². The van der Waals surface area contributed by atoms with Gasteiger partial charge in [0.15, 0.2) is 0 Å². The maximum atomic E-state index is 12.2. The number of hydrogen-bond acceptors (Lipinski definition) is 4. The second kappa shape index (κ2) is 4.44. The Morgan fingerprint density at radius 3 is 2.50 bits per heavy atom. The van der Waals surface area contributed by atoms with Crippen LogP contribution < -0.4 is 5.32 Å². The van der Waals surface area contributed by atoms with Crippen LogP contribution >= 0.6 is 34.5 Å². The molecule has 90 valence electrons. The van der Waals surface area contributed by atoms with Gasteiger partial charge >= 0.3 is 0 Å². The Kier molecular flexibility index (Phi) is 3.49. The summed E-state index contributed by atoms with van der Waals surface area (Å²) < 4.78 is 26.3. The van der Waals surface area contributed by atoms with Gasteiger partial charge in [-0.25, -0.2) is 8.42 Å². The van der Waals surface area contributed by atoms with Crippen LogP contribution in [0.2, 0.25) is 8.67 Å². The molecular formula is C8H10Cl2N2O2S2. The van der Waals surface area contributed by atoms with Crippen molar-refractivity contribution in [3.05, 3.63) is 14.7 Å². The second-order valence-electron chi connectivity index (χ2n) is 3.52. The summed E-state index contributed by atoms with van der Waals surface area (Å²) in [5.41, 5.74) is 0. The van der Waals surface area contributed by atoms with E-state index >= 15 is 0 Å². The van der Waals surface area contributed by atoms with Crippen molar-refractivity contribution in [1.82, 2.24) is 9.62 Å². The van der Waals surface area contributed by atoms with E-state index in [9.17, 15) is 8.42 Å². The third-order valence-electron chi connectivity index (χ3n) is 2.56. The van der Waals surface area contributed by atoms with Gasteiger partial charge in [-0.05, 0) is 6.07 Å². The molecule has 1 aliphatic rings. The zero-order chi connectivity index (χ0) is 11.9. The smallest absolute Gasteiger partial charge is 0.245 e. The first-order chi connectivity index (χ1) is 7.43. The molecule has 1 N–H and O–H groups in total. The highest BCUT2D eigenvalue weighted by molar-refractivity contribution is 7.89. The Morgan fingerprint density at radius 2 is 2.12 bits per heavy atom. The number of rotatable bonds is 3. The van der Waals surface area contributed by atoms with Gasteiger partial charge in [-0.3, -0.25) is 0 Å². The lowest BCUT2D eigenvalue weighted by atomic mass is 10.2. The topological polar surface area (TPSA) is 49.4 Å². The first-order valence-corrected chi connectivity index (χ1v) is 7.58. The molecular weight excluding hydrogens is 291 g/mol. The highest BCUT2D eigenvalue weighted by Crippen LogP contribution is 2.36. The Hall–Kier alpha value is 0.150. The molecule has 0 bridgehead atoms. The van der Waals surface area contributed by atoms with Crippen molar-refractivity contribution in [1.29, 1.82) is 0 Å². The van der Waals surface area contributed by atoms with Gasteiger partial charge in [-0.1, -0.05) is 23.2 Å². The summed E-state index contributed by atoms with van der Waals surface area (Å²) in [5.74, 6) is 0. The summed E-state index contributed by atoms with van der Waals surface area (Å²) in [6, 6.07) is 1.40. The minimum absolute atomic E-state index is 0.000239. The molecule has 1 aromatic rings. The van der Waals surface area contributed by atoms with E-state index in [2.05, 4.69) is 5.32 Å². The second-order valence-corrected chi connectivity index (χ2v) is 7.77. The highest BCUT2D eigenvalue weighted by atomic mass is 35.5. The molecule has 0 saturated carbocycles. The molecule has 2 heterocycles. The van der Waals surface area contributed by atoms with E-state index in [-0.39, 0.29) is 15.3 Å². The van der Waals surface area contributed by atoms with Crippen LogP contribution in [-0.4, -0.2) is 38.9 Å². The van der Waals surface area contributed by atoms with Crippen molar-refractivity contribution >= 4 is 44.6 Å². The molecule has 0 radical (unpaired) electrons. The van der Waals surface area contributed by atoms with Crippen molar-refractivity contribution < 1.29 is 8.42 Å². The molecule has 0 unspecified atom stereocenters. The highest BCUT2D eigenvalue weighted by Gasteiger charge is 2.33. The zero-order valence-electron chi connectivity index (χ0n) is 8.41. The zero-order valence-corrected chi connectivity index (χ0v) is 11.5. The molecule has 4 nitrogen and oxygen atoms in total. The van der Waals surface area contributed by atoms with Crippen molar-refractivity contribution in [2.75, 3.05) is 20.1 Å². The van der Waals surface area contributed by atoms with Gasteiger partial charge < -0.3 is 5.32 Å². The SMILES string of the molecule is CN(C1CNC1)S(=O)(=O)c1cc(Cl)sc1Cl. The van der Waals surface area contributed by atoms with Gasteiger partial charge in [-0.2, -0.15) is 4.31 Å². The Labute approximate surface area is 108 Å². The van der Waals surface area contributed by atoms with Gasteiger partial charge in [0.25, 0.3) is 0 Å². The molecule has 2 rings (SSSR count). The van der Waals surface area contributed by atoms with Crippen LogP contribution in [0.4, 0.5) is 0 Å². The van der Waals surface area contributed by atoms with E-state index < -0.39 is 10.0 Å². The van der Waals surface area contributed by atoms with Gasteiger partial charge in [0.1, 0.15) is 9.23 Å². The Morgan fingerprint density at radius 1 is 1.50 bits per heavy atom. The number of thiophene rings is 1. The standard InChI is InChI=1S/C8H10Cl2N2O2S2/c1-12(5-3-11-4-5)16(13,14)6-2-7(9)15-8(6)10/h2,5,11H,3-4H2,1H3.